The maximum absolute atomic E-state index is 14.0. The Hall–Kier alpha value is -3.79. The Morgan fingerprint density at radius 2 is 1.85 bits per heavy atom. The summed E-state index contributed by atoms with van der Waals surface area (Å²) in [5.74, 6) is -5.38. The summed E-state index contributed by atoms with van der Waals surface area (Å²) in [5.41, 5.74) is -1.53. The van der Waals surface area contributed by atoms with E-state index in [2.05, 4.69) is 0 Å². The highest BCUT2D eigenvalue weighted by Gasteiger charge is 2.24. The summed E-state index contributed by atoms with van der Waals surface area (Å²) in [7, 11) is 1.42. The number of nitrogens with zero attached hydrogens (tertiary/aromatic N) is 1. The lowest BCUT2D eigenvalue weighted by Gasteiger charge is -2.21. The number of hydrogen-bond acceptors (Lipinski definition) is 7. The van der Waals surface area contributed by atoms with Crippen molar-refractivity contribution in [2.45, 2.75) is 13.0 Å². The molecule has 3 aromatic rings. The molecular formula is C23H21F2NO7. The normalized spacial score (nSPS) is 10.9. The first-order chi connectivity index (χ1) is 15.8. The molecule has 8 nitrogen and oxygen atoms in total. The summed E-state index contributed by atoms with van der Waals surface area (Å²) in [6, 6.07) is 10.8. The van der Waals surface area contributed by atoms with Gasteiger partial charge in [0.05, 0.1) is 13.0 Å². The molecule has 10 heteroatoms. The largest absolute Gasteiger partial charge is 0.503 e. The number of methoxy groups -OCH3 is 1. The standard InChI is InChI=1S/C23H21F2NO7/c1-31-10-9-26(8-7-18(27)32-13-14-5-3-2-4-6-14)22(29)16-11-15-12-17(24)20(28)19(25)21(15)33-23(16)30/h2-6,11-12,28H,7-10,13H2,1H3. The van der Waals surface area contributed by atoms with Crippen LogP contribution in [0.4, 0.5) is 8.78 Å². The predicted octanol–water partition coefficient (Wildman–Crippen LogP) is 3.00. The van der Waals surface area contributed by atoms with E-state index in [9.17, 15) is 28.3 Å². The highest BCUT2D eigenvalue weighted by Crippen LogP contribution is 2.28. The lowest BCUT2D eigenvalue weighted by molar-refractivity contribution is -0.145. The third kappa shape index (κ3) is 5.72. The van der Waals surface area contributed by atoms with E-state index in [0.29, 0.717) is 0 Å². The first kappa shape index (κ1) is 23.9. The Labute approximate surface area is 186 Å². The second kappa shape index (κ2) is 10.7. The maximum atomic E-state index is 14.0. The van der Waals surface area contributed by atoms with E-state index in [4.69, 9.17) is 13.9 Å². The van der Waals surface area contributed by atoms with Gasteiger partial charge in [-0.2, -0.15) is 4.39 Å². The zero-order valence-electron chi connectivity index (χ0n) is 17.7. The first-order valence-corrected chi connectivity index (χ1v) is 9.94. The van der Waals surface area contributed by atoms with E-state index in [1.54, 1.807) is 12.1 Å². The van der Waals surface area contributed by atoms with Gasteiger partial charge in [-0.15, -0.1) is 0 Å². The van der Waals surface area contributed by atoms with Gasteiger partial charge in [0.15, 0.2) is 17.1 Å². The fourth-order valence-corrected chi connectivity index (χ4v) is 3.05. The zero-order chi connectivity index (χ0) is 24.0. The number of esters is 1. The van der Waals surface area contributed by atoms with Crippen LogP contribution in [0.25, 0.3) is 11.0 Å². The summed E-state index contributed by atoms with van der Waals surface area (Å²) in [6.07, 6.45) is -0.154. The first-order valence-electron chi connectivity index (χ1n) is 9.94. The number of phenolic OH excluding ortho intramolecular Hbond substituents is 1. The summed E-state index contributed by atoms with van der Waals surface area (Å²) >= 11 is 0. The van der Waals surface area contributed by atoms with Crippen LogP contribution in [0.2, 0.25) is 0 Å². The van der Waals surface area contributed by atoms with Crippen LogP contribution in [0.15, 0.2) is 51.7 Å². The highest BCUT2D eigenvalue weighted by atomic mass is 19.1. The molecule has 0 aliphatic heterocycles. The number of amides is 1. The van der Waals surface area contributed by atoms with Crippen molar-refractivity contribution in [3.63, 3.8) is 0 Å². The molecule has 0 bridgehead atoms. The topological polar surface area (TPSA) is 106 Å². The SMILES string of the molecule is COCCN(CCC(=O)OCc1ccccc1)C(=O)c1cc2cc(F)c(O)c(F)c2oc1=O. The number of benzene rings is 2. The van der Waals surface area contributed by atoms with E-state index in [1.807, 2.05) is 18.2 Å². The molecule has 1 aromatic heterocycles. The Morgan fingerprint density at radius 3 is 2.55 bits per heavy atom. The van der Waals surface area contributed by atoms with Gasteiger partial charge in [-0.25, -0.2) is 9.18 Å². The van der Waals surface area contributed by atoms with Gasteiger partial charge in [0.2, 0.25) is 5.82 Å². The van der Waals surface area contributed by atoms with Crippen molar-refractivity contribution < 1.29 is 37.4 Å². The number of phenols is 1. The van der Waals surface area contributed by atoms with E-state index in [1.165, 1.54) is 12.0 Å². The molecule has 1 heterocycles. The summed E-state index contributed by atoms with van der Waals surface area (Å²) in [5, 5.41) is 9.13. The quantitative estimate of drug-likeness (QED) is 0.386. The molecule has 3 rings (SSSR count). The molecule has 0 spiro atoms. The molecule has 0 atom stereocenters. The van der Waals surface area contributed by atoms with E-state index >= 15 is 0 Å². The van der Waals surface area contributed by atoms with Crippen LogP contribution in [-0.2, 0) is 20.9 Å². The van der Waals surface area contributed by atoms with E-state index in [0.717, 1.165) is 17.7 Å². The van der Waals surface area contributed by atoms with Crippen LogP contribution in [-0.4, -0.2) is 48.7 Å². The summed E-state index contributed by atoms with van der Waals surface area (Å²) < 4.78 is 42.7. The highest BCUT2D eigenvalue weighted by molar-refractivity contribution is 5.97. The second-order valence-electron chi connectivity index (χ2n) is 7.07. The van der Waals surface area contributed by atoms with E-state index in [-0.39, 0.29) is 38.1 Å². The summed E-state index contributed by atoms with van der Waals surface area (Å²) in [4.78, 5) is 38.6. The molecule has 174 valence electrons. The number of hydrogen-bond donors (Lipinski definition) is 1. The van der Waals surface area contributed by atoms with Gasteiger partial charge >= 0.3 is 11.6 Å². The Balaban J connectivity index is 1.76. The molecule has 2 aromatic carbocycles. The third-order valence-electron chi connectivity index (χ3n) is 4.80. The van der Waals surface area contributed by atoms with Crippen molar-refractivity contribution in [2.75, 3.05) is 26.8 Å². The van der Waals surface area contributed by atoms with Gasteiger partial charge in [0.25, 0.3) is 5.91 Å². The molecule has 0 saturated carbocycles. The van der Waals surface area contributed by atoms with Crippen molar-refractivity contribution in [2.24, 2.45) is 0 Å². The molecular weight excluding hydrogens is 440 g/mol. The molecule has 0 saturated heterocycles. The number of aromatic hydroxyl groups is 1. The van der Waals surface area contributed by atoms with Crippen LogP contribution in [0, 0.1) is 11.6 Å². The third-order valence-corrected chi connectivity index (χ3v) is 4.80. The molecule has 1 amide bonds. The number of carbonyl (C=O) groups is 2. The average molecular weight is 461 g/mol. The van der Waals surface area contributed by atoms with Gasteiger partial charge < -0.3 is 23.9 Å². The molecule has 0 fully saturated rings. The average Bonchev–Trinajstić information content (AvgIpc) is 2.82. The molecule has 0 aliphatic rings. The Bertz CT molecular complexity index is 1210. The fourth-order valence-electron chi connectivity index (χ4n) is 3.05. The van der Waals surface area contributed by atoms with Crippen LogP contribution < -0.4 is 5.63 Å². The lowest BCUT2D eigenvalue weighted by atomic mass is 10.1. The number of rotatable bonds is 9. The van der Waals surface area contributed by atoms with E-state index < -0.39 is 46.0 Å². The Morgan fingerprint density at radius 1 is 1.12 bits per heavy atom. The molecule has 0 unspecified atom stereocenters. The minimum Gasteiger partial charge on any atom is -0.503 e. The Kier molecular flexibility index (Phi) is 7.73. The molecule has 0 aliphatic carbocycles. The van der Waals surface area contributed by atoms with Gasteiger partial charge in [-0.1, -0.05) is 30.3 Å². The van der Waals surface area contributed by atoms with Crippen LogP contribution in [0.3, 0.4) is 0 Å². The molecule has 33 heavy (non-hydrogen) atoms. The fraction of sp³-hybridized carbons (Fsp3) is 0.261. The van der Waals surface area contributed by atoms with Crippen molar-refractivity contribution in [1.29, 1.82) is 0 Å². The van der Waals surface area contributed by atoms with Gasteiger partial charge in [-0.3, -0.25) is 9.59 Å². The second-order valence-corrected chi connectivity index (χ2v) is 7.07. The smallest absolute Gasteiger partial charge is 0.349 e. The number of fused-ring (bicyclic) bond motifs is 1. The van der Waals surface area contributed by atoms with Crippen molar-refractivity contribution in [3.05, 3.63) is 75.6 Å². The summed E-state index contributed by atoms with van der Waals surface area (Å²) in [6.45, 7) is 0.132. The number of ether oxygens (including phenoxy) is 2. The maximum Gasteiger partial charge on any atom is 0.349 e. The van der Waals surface area contributed by atoms with Crippen LogP contribution in [0.1, 0.15) is 22.3 Å². The van der Waals surface area contributed by atoms with Crippen LogP contribution >= 0.6 is 0 Å². The van der Waals surface area contributed by atoms with Gasteiger partial charge in [-0.05, 0) is 17.7 Å². The predicted molar refractivity (Wildman–Crippen MR) is 113 cm³/mol. The zero-order valence-corrected chi connectivity index (χ0v) is 17.7. The number of carbonyl (C=O) groups excluding carboxylic acids is 2. The van der Waals surface area contributed by atoms with Crippen molar-refractivity contribution >= 4 is 22.8 Å². The monoisotopic (exact) mass is 461 g/mol. The van der Waals surface area contributed by atoms with Crippen molar-refractivity contribution in [3.8, 4) is 5.75 Å². The number of halogens is 2. The molecule has 0 radical (unpaired) electrons. The van der Waals surface area contributed by atoms with Crippen LogP contribution in [0.5, 0.6) is 5.75 Å². The molecule has 1 N–H and O–H groups in total. The van der Waals surface area contributed by atoms with Gasteiger partial charge in [0, 0.05) is 25.6 Å². The van der Waals surface area contributed by atoms with Crippen molar-refractivity contribution in [1.82, 2.24) is 4.90 Å². The minimum atomic E-state index is -1.45. The lowest BCUT2D eigenvalue weighted by Crippen LogP contribution is -2.38. The van der Waals surface area contributed by atoms with Gasteiger partial charge in [0.1, 0.15) is 12.2 Å². The minimum absolute atomic E-state index is 0.0388.